The van der Waals surface area contributed by atoms with Crippen LogP contribution in [0.15, 0.2) is 46.0 Å². The summed E-state index contributed by atoms with van der Waals surface area (Å²) < 4.78 is 32.7. The second-order valence-electron chi connectivity index (χ2n) is 6.29. The second-order valence-corrected chi connectivity index (χ2v) is 8.67. The van der Waals surface area contributed by atoms with Crippen molar-refractivity contribution in [2.75, 3.05) is 13.1 Å². The number of hydrogen-bond donors (Lipinski definition) is 0. The van der Waals surface area contributed by atoms with Crippen molar-refractivity contribution in [2.45, 2.75) is 24.2 Å². The van der Waals surface area contributed by atoms with Crippen LogP contribution in [0.4, 0.5) is 0 Å². The molecule has 0 saturated carbocycles. The molecule has 0 aliphatic carbocycles. The molecule has 0 bridgehead atoms. The first-order valence-electron chi connectivity index (χ1n) is 8.31. The molecule has 3 heterocycles. The summed E-state index contributed by atoms with van der Waals surface area (Å²) in [4.78, 5) is 8.59. The number of aryl methyl sites for hydroxylation is 1. The Labute approximate surface area is 161 Å². The lowest BCUT2D eigenvalue weighted by Crippen LogP contribution is -2.28. The predicted molar refractivity (Wildman–Crippen MR) is 97.6 cm³/mol. The average molecular weight is 406 g/mol. The largest absolute Gasteiger partial charge is 0.419 e. The average Bonchev–Trinajstić information content (AvgIpc) is 3.32. The molecule has 1 unspecified atom stereocenters. The molecule has 8 nitrogen and oxygen atoms in total. The van der Waals surface area contributed by atoms with Crippen LogP contribution in [0.5, 0.6) is 0 Å². The van der Waals surface area contributed by atoms with E-state index in [1.165, 1.54) is 16.4 Å². The molecule has 0 amide bonds. The first kappa shape index (κ1) is 18.0. The van der Waals surface area contributed by atoms with Crippen molar-refractivity contribution in [3.8, 4) is 11.6 Å². The molecule has 0 spiro atoms. The third-order valence-corrected chi connectivity index (χ3v) is 6.52. The Morgan fingerprint density at radius 2 is 1.93 bits per heavy atom. The molecule has 140 valence electrons. The number of benzene rings is 1. The molecule has 1 atom stereocenters. The summed E-state index contributed by atoms with van der Waals surface area (Å²) in [6.45, 7) is 2.51. The minimum atomic E-state index is -3.58. The van der Waals surface area contributed by atoms with Crippen molar-refractivity contribution in [1.82, 2.24) is 24.5 Å². The van der Waals surface area contributed by atoms with Gasteiger partial charge >= 0.3 is 0 Å². The van der Waals surface area contributed by atoms with Crippen molar-refractivity contribution in [3.63, 3.8) is 0 Å². The molecule has 1 aliphatic rings. The molecule has 2 aromatic heterocycles. The molecule has 10 heteroatoms. The standard InChI is InChI=1S/C17H16ClN5O3S/c1-11-8-20-15(9-19-11)17-22-21-16(26-17)12-6-7-23(10-12)27(24,25)14-4-2-13(18)3-5-14/h2-5,8-9,12H,6-7,10H2,1H3. The zero-order valence-corrected chi connectivity index (χ0v) is 16.0. The molecular formula is C17H16ClN5O3S. The molecule has 1 aliphatic heterocycles. The number of halogens is 1. The van der Waals surface area contributed by atoms with Gasteiger partial charge in [-0.15, -0.1) is 10.2 Å². The monoisotopic (exact) mass is 405 g/mol. The summed E-state index contributed by atoms with van der Waals surface area (Å²) in [5.74, 6) is 0.518. The smallest absolute Gasteiger partial charge is 0.267 e. The Bertz CT molecular complexity index is 1050. The summed E-state index contributed by atoms with van der Waals surface area (Å²) in [6, 6.07) is 6.14. The van der Waals surface area contributed by atoms with Crippen molar-refractivity contribution in [3.05, 3.63) is 53.3 Å². The third-order valence-electron chi connectivity index (χ3n) is 4.39. The van der Waals surface area contributed by atoms with E-state index in [0.717, 1.165) is 5.69 Å². The number of aromatic nitrogens is 4. The first-order chi connectivity index (χ1) is 12.9. The molecular weight excluding hydrogens is 390 g/mol. The van der Waals surface area contributed by atoms with E-state index < -0.39 is 10.0 Å². The van der Waals surface area contributed by atoms with E-state index in [-0.39, 0.29) is 23.2 Å². The van der Waals surface area contributed by atoms with Crippen molar-refractivity contribution >= 4 is 21.6 Å². The Morgan fingerprint density at radius 3 is 2.63 bits per heavy atom. The van der Waals surface area contributed by atoms with Crippen LogP contribution in [0.1, 0.15) is 23.9 Å². The molecule has 27 heavy (non-hydrogen) atoms. The molecule has 1 fully saturated rings. The summed E-state index contributed by atoms with van der Waals surface area (Å²) in [6.07, 6.45) is 3.79. The van der Waals surface area contributed by atoms with Gasteiger partial charge in [-0.25, -0.2) is 13.4 Å². The zero-order chi connectivity index (χ0) is 19.0. The highest BCUT2D eigenvalue weighted by molar-refractivity contribution is 7.89. The fourth-order valence-corrected chi connectivity index (χ4v) is 4.54. The Hall–Kier alpha value is -2.36. The molecule has 3 aromatic rings. The van der Waals surface area contributed by atoms with E-state index in [2.05, 4.69) is 20.2 Å². The topological polar surface area (TPSA) is 102 Å². The third kappa shape index (κ3) is 3.58. The molecule has 1 aromatic carbocycles. The highest BCUT2D eigenvalue weighted by atomic mass is 35.5. The predicted octanol–water partition coefficient (Wildman–Crippen LogP) is 2.67. The molecule has 4 rings (SSSR count). The van der Waals surface area contributed by atoms with Crippen molar-refractivity contribution < 1.29 is 12.8 Å². The highest BCUT2D eigenvalue weighted by Crippen LogP contribution is 2.31. The number of nitrogens with zero attached hydrogens (tertiary/aromatic N) is 5. The van der Waals surface area contributed by atoms with Gasteiger partial charge in [-0.1, -0.05) is 11.6 Å². The first-order valence-corrected chi connectivity index (χ1v) is 10.1. The van der Waals surface area contributed by atoms with Crippen LogP contribution in [-0.4, -0.2) is 46.0 Å². The van der Waals surface area contributed by atoms with Gasteiger partial charge < -0.3 is 4.42 Å². The maximum atomic E-state index is 12.8. The minimum absolute atomic E-state index is 0.160. The van der Waals surface area contributed by atoms with Crippen LogP contribution in [-0.2, 0) is 10.0 Å². The van der Waals surface area contributed by atoms with Gasteiger partial charge in [-0.3, -0.25) is 4.98 Å². The summed E-state index contributed by atoms with van der Waals surface area (Å²) >= 11 is 5.84. The SMILES string of the molecule is Cc1cnc(-c2nnc(C3CCN(S(=O)(=O)c4ccc(Cl)cc4)C3)o2)cn1. The Kier molecular flexibility index (Phi) is 4.67. The lowest BCUT2D eigenvalue weighted by atomic mass is 10.1. The van der Waals surface area contributed by atoms with Gasteiger partial charge in [0, 0.05) is 24.3 Å². The van der Waals surface area contributed by atoms with Gasteiger partial charge in [0.15, 0.2) is 0 Å². The van der Waals surface area contributed by atoms with E-state index in [1.807, 2.05) is 6.92 Å². The van der Waals surface area contributed by atoms with Gasteiger partial charge in [-0.2, -0.15) is 4.31 Å². The minimum Gasteiger partial charge on any atom is -0.419 e. The van der Waals surface area contributed by atoms with Gasteiger partial charge in [0.25, 0.3) is 5.89 Å². The van der Waals surface area contributed by atoms with Gasteiger partial charge in [0.2, 0.25) is 15.9 Å². The molecule has 0 N–H and O–H groups in total. The molecule has 0 radical (unpaired) electrons. The molecule has 1 saturated heterocycles. The van der Waals surface area contributed by atoms with E-state index in [4.69, 9.17) is 16.0 Å². The maximum absolute atomic E-state index is 12.8. The normalized spacial score (nSPS) is 18.1. The quantitative estimate of drug-likeness (QED) is 0.657. The fraction of sp³-hybridized carbons (Fsp3) is 0.294. The highest BCUT2D eigenvalue weighted by Gasteiger charge is 2.35. The van der Waals surface area contributed by atoms with Crippen LogP contribution in [0.25, 0.3) is 11.6 Å². The van der Waals surface area contributed by atoms with Crippen LogP contribution in [0.3, 0.4) is 0 Å². The fourth-order valence-electron chi connectivity index (χ4n) is 2.91. The number of sulfonamides is 1. The summed E-state index contributed by atoms with van der Waals surface area (Å²) in [5, 5.41) is 8.58. The summed E-state index contributed by atoms with van der Waals surface area (Å²) in [5.41, 5.74) is 1.28. The van der Waals surface area contributed by atoms with Crippen LogP contribution in [0, 0.1) is 6.92 Å². The van der Waals surface area contributed by atoms with Crippen LogP contribution in [0.2, 0.25) is 5.02 Å². The number of hydrogen-bond acceptors (Lipinski definition) is 7. The van der Waals surface area contributed by atoms with Crippen molar-refractivity contribution in [2.24, 2.45) is 0 Å². The van der Waals surface area contributed by atoms with Crippen LogP contribution >= 0.6 is 11.6 Å². The summed E-state index contributed by atoms with van der Waals surface area (Å²) in [7, 11) is -3.58. The van der Waals surface area contributed by atoms with Gasteiger partial charge in [0.05, 0.1) is 22.7 Å². The van der Waals surface area contributed by atoms with Crippen molar-refractivity contribution in [1.29, 1.82) is 0 Å². The maximum Gasteiger partial charge on any atom is 0.267 e. The van der Waals surface area contributed by atoms with E-state index in [0.29, 0.717) is 29.6 Å². The number of rotatable bonds is 4. The van der Waals surface area contributed by atoms with E-state index in [9.17, 15) is 8.42 Å². The van der Waals surface area contributed by atoms with Crippen LogP contribution < -0.4 is 0 Å². The van der Waals surface area contributed by atoms with E-state index >= 15 is 0 Å². The lowest BCUT2D eigenvalue weighted by molar-refractivity contribution is 0.439. The van der Waals surface area contributed by atoms with Gasteiger partial charge in [0.1, 0.15) is 5.69 Å². The second kappa shape index (κ2) is 6.99. The lowest BCUT2D eigenvalue weighted by Gasteiger charge is -2.16. The Morgan fingerprint density at radius 1 is 1.15 bits per heavy atom. The zero-order valence-electron chi connectivity index (χ0n) is 14.4. The van der Waals surface area contributed by atoms with Gasteiger partial charge in [-0.05, 0) is 37.6 Å². The van der Waals surface area contributed by atoms with E-state index in [1.54, 1.807) is 24.5 Å². The Balaban J connectivity index is 1.51.